The molecule has 4 rings (SSSR count). The molecule has 0 aliphatic heterocycles. The van der Waals surface area contributed by atoms with E-state index >= 15 is 0 Å². The van der Waals surface area contributed by atoms with Crippen molar-refractivity contribution in [2.75, 3.05) is 0 Å². The van der Waals surface area contributed by atoms with Gasteiger partial charge in [0.2, 0.25) is 0 Å². The molecular formula is C21H18N6O3. The van der Waals surface area contributed by atoms with Crippen LogP contribution in [-0.4, -0.2) is 30.5 Å². The Morgan fingerprint density at radius 3 is 2.47 bits per heavy atom. The van der Waals surface area contributed by atoms with Crippen LogP contribution in [-0.2, 0) is 20.1 Å². The number of benzene rings is 1. The van der Waals surface area contributed by atoms with E-state index in [9.17, 15) is 14.4 Å². The zero-order valence-corrected chi connectivity index (χ0v) is 16.1. The fourth-order valence-corrected chi connectivity index (χ4v) is 3.07. The summed E-state index contributed by atoms with van der Waals surface area (Å²) < 4.78 is 2.44. The number of carbonyl (C=O) groups is 1. The number of amides is 1. The normalized spacial score (nSPS) is 10.8. The van der Waals surface area contributed by atoms with E-state index in [0.29, 0.717) is 22.2 Å². The number of nitrogens with one attached hydrogen (secondary N) is 1. The Morgan fingerprint density at radius 2 is 1.73 bits per heavy atom. The molecule has 9 nitrogen and oxygen atoms in total. The molecule has 0 aliphatic carbocycles. The van der Waals surface area contributed by atoms with Gasteiger partial charge in [-0.05, 0) is 24.3 Å². The molecule has 0 bridgehead atoms. The molecule has 4 aromatic rings. The Balaban J connectivity index is 1.66. The van der Waals surface area contributed by atoms with E-state index in [1.54, 1.807) is 30.5 Å². The number of rotatable bonds is 5. The maximum absolute atomic E-state index is 12.9. The molecule has 0 saturated heterocycles. The molecule has 0 aliphatic rings. The largest absolute Gasteiger partial charge is 0.345 e. The predicted molar refractivity (Wildman–Crippen MR) is 110 cm³/mol. The van der Waals surface area contributed by atoms with Gasteiger partial charge in [0.15, 0.2) is 0 Å². The number of hydrogen-bond acceptors (Lipinski definition) is 6. The minimum atomic E-state index is -0.445. The highest BCUT2D eigenvalue weighted by Gasteiger charge is 2.14. The summed E-state index contributed by atoms with van der Waals surface area (Å²) >= 11 is 0. The van der Waals surface area contributed by atoms with Crippen molar-refractivity contribution in [3.05, 3.63) is 98.6 Å². The molecule has 0 fully saturated rings. The van der Waals surface area contributed by atoms with Crippen molar-refractivity contribution in [1.29, 1.82) is 0 Å². The molecule has 9 heteroatoms. The third kappa shape index (κ3) is 3.86. The smallest absolute Gasteiger partial charge is 0.275 e. The lowest BCUT2D eigenvalue weighted by molar-refractivity contribution is 0.0943. The van der Waals surface area contributed by atoms with Gasteiger partial charge in [-0.25, -0.2) is 9.36 Å². The summed E-state index contributed by atoms with van der Waals surface area (Å²) in [6.45, 7) is 0.306. The first kappa shape index (κ1) is 19.2. The lowest BCUT2D eigenvalue weighted by Gasteiger charge is -2.12. The molecule has 0 saturated carbocycles. The van der Waals surface area contributed by atoms with Gasteiger partial charge in [0, 0.05) is 24.7 Å². The number of aryl methyl sites for hydroxylation is 1. The number of hydrogen-bond donors (Lipinski definition) is 1. The second-order valence-corrected chi connectivity index (χ2v) is 6.64. The van der Waals surface area contributed by atoms with Crippen molar-refractivity contribution in [2.24, 2.45) is 7.05 Å². The maximum atomic E-state index is 12.9. The van der Waals surface area contributed by atoms with Gasteiger partial charge in [0.1, 0.15) is 5.69 Å². The van der Waals surface area contributed by atoms with Crippen molar-refractivity contribution in [1.82, 2.24) is 29.9 Å². The summed E-state index contributed by atoms with van der Waals surface area (Å²) in [4.78, 5) is 41.0. The van der Waals surface area contributed by atoms with Gasteiger partial charge in [-0.2, -0.15) is 10.2 Å². The van der Waals surface area contributed by atoms with Crippen LogP contribution in [0.1, 0.15) is 21.9 Å². The van der Waals surface area contributed by atoms with Crippen molar-refractivity contribution >= 4 is 16.7 Å². The molecule has 30 heavy (non-hydrogen) atoms. The number of carbonyl (C=O) groups excluding carboxylic acids is 1. The highest BCUT2D eigenvalue weighted by Crippen LogP contribution is 2.13. The lowest BCUT2D eigenvalue weighted by Crippen LogP contribution is -2.30. The molecular weight excluding hydrogens is 384 g/mol. The van der Waals surface area contributed by atoms with Crippen LogP contribution in [0.2, 0.25) is 0 Å². The molecule has 0 radical (unpaired) electrons. The van der Waals surface area contributed by atoms with Crippen molar-refractivity contribution < 1.29 is 4.79 Å². The highest BCUT2D eigenvalue weighted by atomic mass is 16.2. The summed E-state index contributed by atoms with van der Waals surface area (Å²) in [7, 11) is 1.47. The van der Waals surface area contributed by atoms with Crippen LogP contribution >= 0.6 is 0 Å². The zero-order valence-electron chi connectivity index (χ0n) is 16.1. The zero-order chi connectivity index (χ0) is 21.1. The van der Waals surface area contributed by atoms with Gasteiger partial charge >= 0.3 is 0 Å². The van der Waals surface area contributed by atoms with Gasteiger partial charge in [-0.1, -0.05) is 24.3 Å². The van der Waals surface area contributed by atoms with Crippen LogP contribution in [0.5, 0.6) is 0 Å². The fourth-order valence-electron chi connectivity index (χ4n) is 3.07. The van der Waals surface area contributed by atoms with E-state index in [1.807, 2.05) is 18.2 Å². The summed E-state index contributed by atoms with van der Waals surface area (Å²) in [5.41, 5.74) is 0.821. The van der Waals surface area contributed by atoms with Gasteiger partial charge in [-0.3, -0.25) is 19.4 Å². The molecule has 0 spiro atoms. The Kier molecular flexibility index (Phi) is 5.17. The number of fused-ring (bicyclic) bond motifs is 1. The van der Waals surface area contributed by atoms with E-state index < -0.39 is 5.91 Å². The SMILES string of the molecule is Cn1nc(C(=O)NCc2nn(Cc3ccccn3)c(=O)c3ccccc23)ccc1=O. The molecule has 1 aromatic carbocycles. The Morgan fingerprint density at radius 1 is 0.967 bits per heavy atom. The van der Waals surface area contributed by atoms with E-state index in [2.05, 4.69) is 20.5 Å². The van der Waals surface area contributed by atoms with Crippen LogP contribution in [0, 0.1) is 0 Å². The third-order valence-electron chi connectivity index (χ3n) is 4.59. The summed E-state index contributed by atoms with van der Waals surface area (Å²) in [5.74, 6) is -0.445. The average molecular weight is 402 g/mol. The molecule has 1 N–H and O–H groups in total. The van der Waals surface area contributed by atoms with E-state index in [4.69, 9.17) is 0 Å². The van der Waals surface area contributed by atoms with Crippen LogP contribution < -0.4 is 16.4 Å². The van der Waals surface area contributed by atoms with E-state index in [-0.39, 0.29) is 29.9 Å². The maximum Gasteiger partial charge on any atom is 0.275 e. The van der Waals surface area contributed by atoms with Crippen LogP contribution in [0.15, 0.2) is 70.4 Å². The minimum Gasteiger partial charge on any atom is -0.345 e. The highest BCUT2D eigenvalue weighted by molar-refractivity contribution is 5.92. The second kappa shape index (κ2) is 8.08. The van der Waals surface area contributed by atoms with Gasteiger partial charge in [0.05, 0.1) is 29.9 Å². The molecule has 0 atom stereocenters. The number of pyridine rings is 1. The lowest BCUT2D eigenvalue weighted by atomic mass is 10.1. The van der Waals surface area contributed by atoms with Gasteiger partial charge in [0.25, 0.3) is 17.0 Å². The number of aromatic nitrogens is 5. The average Bonchev–Trinajstić information content (AvgIpc) is 2.77. The van der Waals surface area contributed by atoms with Crippen LogP contribution in [0.4, 0.5) is 0 Å². The molecule has 150 valence electrons. The van der Waals surface area contributed by atoms with Crippen molar-refractivity contribution in [3.63, 3.8) is 0 Å². The topological polar surface area (TPSA) is 112 Å². The van der Waals surface area contributed by atoms with E-state index in [1.165, 1.54) is 23.9 Å². The first-order valence-corrected chi connectivity index (χ1v) is 9.24. The first-order chi connectivity index (χ1) is 14.5. The van der Waals surface area contributed by atoms with Crippen LogP contribution in [0.25, 0.3) is 10.8 Å². The third-order valence-corrected chi connectivity index (χ3v) is 4.59. The summed E-state index contributed by atoms with van der Waals surface area (Å²) in [6.07, 6.45) is 1.66. The standard InChI is InChI=1S/C21H18N6O3/c1-26-19(28)10-9-17(24-26)20(29)23-12-18-15-7-2-3-8-16(15)21(30)27(25-18)13-14-6-4-5-11-22-14/h2-11H,12-13H2,1H3,(H,23,29). The summed E-state index contributed by atoms with van der Waals surface area (Å²) in [5, 5.41) is 12.3. The molecule has 0 unspecified atom stereocenters. The monoisotopic (exact) mass is 402 g/mol. The molecule has 3 heterocycles. The van der Waals surface area contributed by atoms with E-state index in [0.717, 1.165) is 4.68 Å². The first-order valence-electron chi connectivity index (χ1n) is 9.24. The second-order valence-electron chi connectivity index (χ2n) is 6.64. The Labute approximate surface area is 170 Å². The van der Waals surface area contributed by atoms with Crippen molar-refractivity contribution in [3.8, 4) is 0 Å². The van der Waals surface area contributed by atoms with Crippen molar-refractivity contribution in [2.45, 2.75) is 13.1 Å². The van der Waals surface area contributed by atoms with Gasteiger partial charge in [-0.15, -0.1) is 0 Å². The quantitative estimate of drug-likeness (QED) is 0.530. The molecule has 3 aromatic heterocycles. The minimum absolute atomic E-state index is 0.0896. The van der Waals surface area contributed by atoms with Crippen LogP contribution in [0.3, 0.4) is 0 Å². The number of nitrogens with zero attached hydrogens (tertiary/aromatic N) is 5. The Hall–Kier alpha value is -4.14. The predicted octanol–water partition coefficient (Wildman–Crippen LogP) is 0.863. The summed E-state index contributed by atoms with van der Waals surface area (Å²) in [6, 6.07) is 15.2. The fraction of sp³-hybridized carbons (Fsp3) is 0.143. The Bertz CT molecular complexity index is 1340. The molecule has 1 amide bonds. The van der Waals surface area contributed by atoms with Gasteiger partial charge < -0.3 is 5.32 Å².